The molecular weight excluding hydrogens is 102 g/mol. The summed E-state index contributed by atoms with van der Waals surface area (Å²) in [5, 5.41) is 3.02. The summed E-state index contributed by atoms with van der Waals surface area (Å²) in [6.07, 6.45) is 0.301. The maximum atomic E-state index is 7.33. The van der Waals surface area contributed by atoms with E-state index in [4.69, 9.17) is 6.11 Å². The van der Waals surface area contributed by atoms with E-state index >= 15 is 0 Å². The highest BCUT2D eigenvalue weighted by Gasteiger charge is 2.12. The molecule has 0 bridgehead atoms. The summed E-state index contributed by atoms with van der Waals surface area (Å²) in [5.41, 5.74) is 0. The fraction of sp³-hybridized carbons (Fsp3) is 1.00. The highest BCUT2D eigenvalue weighted by molar-refractivity contribution is 4.66. The molecular formula is C6H13NO. The van der Waals surface area contributed by atoms with Crippen LogP contribution in [0.3, 0.4) is 0 Å². The van der Waals surface area contributed by atoms with E-state index in [9.17, 15) is 0 Å². The molecule has 1 aliphatic rings. The Morgan fingerprint density at radius 3 is 2.88 bits per heavy atom. The Morgan fingerprint density at radius 1 is 1.62 bits per heavy atom. The van der Waals surface area contributed by atoms with Gasteiger partial charge in [0.05, 0.1) is 12.2 Å². The van der Waals surface area contributed by atoms with E-state index in [1.807, 2.05) is 13.8 Å². The third-order valence-electron chi connectivity index (χ3n) is 1.20. The van der Waals surface area contributed by atoms with Gasteiger partial charge in [0.15, 0.2) is 0 Å². The van der Waals surface area contributed by atoms with Crippen LogP contribution in [0.2, 0.25) is 0 Å². The molecule has 0 aromatic carbocycles. The Labute approximate surface area is 51.6 Å². The number of hydrogen-bond acceptors (Lipinski definition) is 2. The average molecular weight is 116 g/mol. The summed E-state index contributed by atoms with van der Waals surface area (Å²) < 4.78 is 12.7. The summed E-state index contributed by atoms with van der Waals surface area (Å²) >= 11 is 0. The van der Waals surface area contributed by atoms with Gasteiger partial charge < -0.3 is 10.1 Å². The van der Waals surface area contributed by atoms with E-state index in [-0.39, 0.29) is 18.7 Å². The molecule has 1 fully saturated rings. The number of ether oxygens (including phenoxy) is 1. The van der Waals surface area contributed by atoms with Crippen LogP contribution in [0, 0.1) is 0 Å². The lowest BCUT2D eigenvalue weighted by atomic mass is 10.3. The molecule has 1 heterocycles. The summed E-state index contributed by atoms with van der Waals surface area (Å²) in [4.78, 5) is 0. The third-order valence-corrected chi connectivity index (χ3v) is 1.20. The predicted molar refractivity (Wildman–Crippen MR) is 32.9 cm³/mol. The molecule has 0 amide bonds. The molecule has 2 heteroatoms. The molecule has 1 aliphatic heterocycles. The lowest BCUT2D eigenvalue weighted by Crippen LogP contribution is -2.41. The minimum absolute atomic E-state index is 0.0359. The maximum Gasteiger partial charge on any atom is 0.0675 e. The summed E-state index contributed by atoms with van der Waals surface area (Å²) in [7, 11) is 0. The molecule has 0 radical (unpaired) electrons. The molecule has 2 nitrogen and oxygen atoms in total. The predicted octanol–water partition coefficient (Wildman–Crippen LogP) is 0.383. The van der Waals surface area contributed by atoms with Gasteiger partial charge in [-0.25, -0.2) is 0 Å². The van der Waals surface area contributed by atoms with Crippen molar-refractivity contribution in [2.24, 2.45) is 0 Å². The lowest BCUT2D eigenvalue weighted by molar-refractivity contribution is -0.0166. The van der Waals surface area contributed by atoms with Crippen LogP contribution in [-0.4, -0.2) is 25.3 Å². The van der Waals surface area contributed by atoms with Crippen LogP contribution in [0.15, 0.2) is 0 Å². The third kappa shape index (κ3) is 1.46. The Bertz CT molecular complexity index is 99.1. The molecule has 8 heavy (non-hydrogen) atoms. The standard InChI is InChI=1S/C6H13NO/c1-5-3-7-4-6(2)8-5/h5-7H,3-4H2,1-2H3/i3D. The Morgan fingerprint density at radius 2 is 2.38 bits per heavy atom. The van der Waals surface area contributed by atoms with Crippen molar-refractivity contribution in [3.63, 3.8) is 0 Å². The van der Waals surface area contributed by atoms with Gasteiger partial charge in [-0.1, -0.05) is 0 Å². The van der Waals surface area contributed by atoms with Crippen molar-refractivity contribution in [1.29, 1.82) is 0 Å². The first-order valence-electron chi connectivity index (χ1n) is 3.59. The van der Waals surface area contributed by atoms with Crippen molar-refractivity contribution in [3.05, 3.63) is 0 Å². The van der Waals surface area contributed by atoms with Gasteiger partial charge >= 0.3 is 0 Å². The maximum absolute atomic E-state index is 7.33. The summed E-state index contributed by atoms with van der Waals surface area (Å²) in [6.45, 7) is 4.50. The summed E-state index contributed by atoms with van der Waals surface area (Å²) in [6, 6.07) is 0. The molecule has 0 aromatic heterocycles. The molecule has 0 aliphatic carbocycles. The monoisotopic (exact) mass is 116 g/mol. The topological polar surface area (TPSA) is 21.3 Å². The van der Waals surface area contributed by atoms with Crippen molar-refractivity contribution in [3.8, 4) is 0 Å². The molecule has 48 valence electrons. The first-order chi connectivity index (χ1) is 4.20. The second-order valence-corrected chi connectivity index (χ2v) is 2.23. The van der Waals surface area contributed by atoms with E-state index in [1.54, 1.807) is 0 Å². The Hall–Kier alpha value is -0.0800. The van der Waals surface area contributed by atoms with Gasteiger partial charge in [0.1, 0.15) is 0 Å². The molecule has 1 rings (SSSR count). The quantitative estimate of drug-likeness (QED) is 0.494. The van der Waals surface area contributed by atoms with E-state index in [0.717, 1.165) is 6.54 Å². The number of nitrogens with one attached hydrogen (secondary N) is 1. The van der Waals surface area contributed by atoms with E-state index in [1.165, 1.54) is 0 Å². The highest BCUT2D eigenvalue weighted by Crippen LogP contribution is 2.00. The van der Waals surface area contributed by atoms with Gasteiger partial charge in [-0.15, -0.1) is 0 Å². The minimum atomic E-state index is -0.235. The van der Waals surface area contributed by atoms with Crippen LogP contribution in [0.5, 0.6) is 0 Å². The molecule has 1 N–H and O–H groups in total. The van der Waals surface area contributed by atoms with Crippen LogP contribution in [0.1, 0.15) is 15.2 Å². The van der Waals surface area contributed by atoms with Gasteiger partial charge in [0.2, 0.25) is 0 Å². The minimum Gasteiger partial charge on any atom is -0.373 e. The average Bonchev–Trinajstić information content (AvgIpc) is 1.80. The van der Waals surface area contributed by atoms with E-state index in [2.05, 4.69) is 5.32 Å². The first-order valence-corrected chi connectivity index (χ1v) is 3.01. The number of morpholine rings is 1. The number of hydrogen-bond donors (Lipinski definition) is 1. The SMILES string of the molecule is [2H]C1NCC(C)OC1C. The van der Waals surface area contributed by atoms with Crippen LogP contribution in [-0.2, 0) is 4.74 Å². The van der Waals surface area contributed by atoms with Crippen LogP contribution >= 0.6 is 0 Å². The van der Waals surface area contributed by atoms with Crippen molar-refractivity contribution >= 4 is 0 Å². The Balaban J connectivity index is 2.35. The zero-order valence-corrected chi connectivity index (χ0v) is 5.35. The van der Waals surface area contributed by atoms with Crippen molar-refractivity contribution in [2.45, 2.75) is 26.1 Å². The van der Waals surface area contributed by atoms with Crippen LogP contribution in [0.25, 0.3) is 0 Å². The number of rotatable bonds is 0. The van der Waals surface area contributed by atoms with Crippen molar-refractivity contribution in [1.82, 2.24) is 5.32 Å². The molecule has 1 saturated heterocycles. The van der Waals surface area contributed by atoms with Gasteiger partial charge in [0, 0.05) is 14.4 Å². The second kappa shape index (κ2) is 2.46. The van der Waals surface area contributed by atoms with Crippen molar-refractivity contribution in [2.75, 3.05) is 13.1 Å². The highest BCUT2D eigenvalue weighted by atomic mass is 16.5. The second-order valence-electron chi connectivity index (χ2n) is 2.23. The van der Waals surface area contributed by atoms with E-state index < -0.39 is 0 Å². The Kier molecular flexibility index (Phi) is 1.47. The first kappa shape index (κ1) is 4.77. The van der Waals surface area contributed by atoms with Gasteiger partial charge in [0.25, 0.3) is 0 Å². The van der Waals surface area contributed by atoms with E-state index in [0.29, 0.717) is 0 Å². The fourth-order valence-electron chi connectivity index (χ4n) is 0.854. The molecule has 0 spiro atoms. The van der Waals surface area contributed by atoms with Crippen LogP contribution in [0.4, 0.5) is 0 Å². The zero-order chi connectivity index (χ0) is 6.85. The summed E-state index contributed by atoms with van der Waals surface area (Å²) in [5.74, 6) is 0. The smallest absolute Gasteiger partial charge is 0.0675 e. The zero-order valence-electron chi connectivity index (χ0n) is 6.35. The van der Waals surface area contributed by atoms with Gasteiger partial charge in [-0.05, 0) is 13.8 Å². The normalized spacial score (nSPS) is 50.8. The van der Waals surface area contributed by atoms with Gasteiger partial charge in [-0.2, -0.15) is 0 Å². The molecule has 0 saturated carbocycles. The van der Waals surface area contributed by atoms with Crippen molar-refractivity contribution < 1.29 is 6.11 Å². The largest absolute Gasteiger partial charge is 0.373 e. The lowest BCUT2D eigenvalue weighted by Gasteiger charge is -2.25. The molecule has 0 aromatic rings. The van der Waals surface area contributed by atoms with Gasteiger partial charge in [-0.3, -0.25) is 0 Å². The van der Waals surface area contributed by atoms with Crippen LogP contribution < -0.4 is 5.32 Å². The molecule has 3 unspecified atom stereocenters. The fourth-order valence-corrected chi connectivity index (χ4v) is 0.854. The molecule has 3 atom stereocenters.